The predicted octanol–water partition coefficient (Wildman–Crippen LogP) is 2.99. The van der Waals surface area contributed by atoms with Gasteiger partial charge in [-0.15, -0.1) is 0 Å². The van der Waals surface area contributed by atoms with Crippen molar-refractivity contribution in [2.45, 2.75) is 4.90 Å². The number of amides is 1. The van der Waals surface area contributed by atoms with Crippen LogP contribution in [0.1, 0.15) is 10.4 Å². The average Bonchev–Trinajstić information content (AvgIpc) is 2.48. The summed E-state index contributed by atoms with van der Waals surface area (Å²) in [7, 11) is -1.22. The minimum absolute atomic E-state index is 0.356. The van der Waals surface area contributed by atoms with E-state index in [9.17, 15) is 9.00 Å². The molecular weight excluding hydrogens is 274 g/mol. The van der Waals surface area contributed by atoms with Gasteiger partial charge in [0.1, 0.15) is 5.75 Å². The molecule has 0 spiro atoms. The number of rotatable bonds is 3. The van der Waals surface area contributed by atoms with E-state index in [0.717, 1.165) is 0 Å². The maximum Gasteiger partial charge on any atom is 0.285 e. The third-order valence-corrected chi connectivity index (χ3v) is 4.42. The lowest BCUT2D eigenvalue weighted by molar-refractivity contribution is 0.100. The monoisotopic (exact) mass is 289 g/mol. The van der Waals surface area contributed by atoms with E-state index in [0.29, 0.717) is 16.2 Å². The van der Waals surface area contributed by atoms with Crippen LogP contribution < -0.4 is 4.74 Å². The lowest BCUT2D eigenvalue weighted by atomic mass is 10.2. The second-order valence-corrected chi connectivity index (χ2v) is 6.50. The largest absolute Gasteiger partial charge is 0.497 e. The van der Waals surface area contributed by atoms with Crippen LogP contribution in [0.3, 0.4) is 0 Å². The van der Waals surface area contributed by atoms with E-state index in [1.54, 1.807) is 48.5 Å². The van der Waals surface area contributed by atoms with Gasteiger partial charge in [0.2, 0.25) is 0 Å². The highest BCUT2D eigenvalue weighted by atomic mass is 32.2. The van der Waals surface area contributed by atoms with E-state index < -0.39 is 15.6 Å². The summed E-state index contributed by atoms with van der Waals surface area (Å²) < 4.78 is 21.4. The summed E-state index contributed by atoms with van der Waals surface area (Å²) >= 11 is 0. The Morgan fingerprint density at radius 3 is 2.45 bits per heavy atom. The molecule has 5 heteroatoms. The number of hydrogen-bond donors (Lipinski definition) is 0. The van der Waals surface area contributed by atoms with E-state index >= 15 is 0 Å². The van der Waals surface area contributed by atoms with Gasteiger partial charge in [-0.2, -0.15) is 4.36 Å². The molecule has 0 fully saturated rings. The fourth-order valence-electron chi connectivity index (χ4n) is 1.69. The SMILES string of the molecule is COc1cccc(C(=O)N=S(C)(=O)c2ccccc2)c1. The summed E-state index contributed by atoms with van der Waals surface area (Å²) in [6.45, 7) is 0. The lowest BCUT2D eigenvalue weighted by Gasteiger charge is -2.04. The second-order valence-electron chi connectivity index (χ2n) is 4.24. The van der Waals surface area contributed by atoms with E-state index in [2.05, 4.69) is 4.36 Å². The first-order valence-electron chi connectivity index (χ1n) is 5.98. The molecule has 1 atom stereocenters. The highest BCUT2D eigenvalue weighted by Crippen LogP contribution is 2.16. The zero-order valence-electron chi connectivity index (χ0n) is 11.3. The molecule has 4 nitrogen and oxygen atoms in total. The molecule has 0 saturated carbocycles. The highest BCUT2D eigenvalue weighted by Gasteiger charge is 2.11. The molecule has 2 aromatic carbocycles. The molecule has 0 heterocycles. The topological polar surface area (TPSA) is 55.7 Å². The quantitative estimate of drug-likeness (QED) is 0.872. The number of methoxy groups -OCH3 is 1. The highest BCUT2D eigenvalue weighted by molar-refractivity contribution is 7.93. The van der Waals surface area contributed by atoms with Crippen LogP contribution in [0.15, 0.2) is 63.9 Å². The molecule has 0 saturated heterocycles. The Balaban J connectivity index is 2.39. The van der Waals surface area contributed by atoms with Crippen LogP contribution in [-0.2, 0) is 9.73 Å². The second kappa shape index (κ2) is 5.88. The van der Waals surface area contributed by atoms with Crippen molar-refractivity contribution in [3.05, 3.63) is 60.2 Å². The molecule has 0 aliphatic rings. The van der Waals surface area contributed by atoms with Crippen LogP contribution in [0.4, 0.5) is 0 Å². The first-order valence-corrected chi connectivity index (χ1v) is 7.91. The van der Waals surface area contributed by atoms with Crippen molar-refractivity contribution in [3.8, 4) is 5.75 Å². The Hall–Kier alpha value is -2.14. The molecule has 20 heavy (non-hydrogen) atoms. The molecule has 0 N–H and O–H groups in total. The Morgan fingerprint density at radius 1 is 1.10 bits per heavy atom. The molecule has 1 amide bonds. The van der Waals surface area contributed by atoms with Crippen LogP contribution in [0, 0.1) is 0 Å². The summed E-state index contributed by atoms with van der Waals surface area (Å²) in [5.41, 5.74) is 0.356. The van der Waals surface area contributed by atoms with E-state index in [1.165, 1.54) is 13.4 Å². The standard InChI is InChI=1S/C15H15NO3S/c1-19-13-8-6-7-12(11-13)15(17)16-20(2,18)14-9-4-3-5-10-14/h3-11H,1-2H3. The van der Waals surface area contributed by atoms with Gasteiger partial charge in [-0.05, 0) is 30.3 Å². The van der Waals surface area contributed by atoms with E-state index in [-0.39, 0.29) is 0 Å². The molecule has 0 bridgehead atoms. The van der Waals surface area contributed by atoms with Gasteiger partial charge in [0.25, 0.3) is 5.91 Å². The van der Waals surface area contributed by atoms with Crippen LogP contribution in [0.25, 0.3) is 0 Å². The van der Waals surface area contributed by atoms with Gasteiger partial charge < -0.3 is 4.74 Å². The smallest absolute Gasteiger partial charge is 0.285 e. The predicted molar refractivity (Wildman–Crippen MR) is 78.5 cm³/mol. The molecular formula is C15H15NO3S. The lowest BCUT2D eigenvalue weighted by Crippen LogP contribution is -2.04. The number of nitrogens with zero attached hydrogens (tertiary/aromatic N) is 1. The van der Waals surface area contributed by atoms with E-state index in [1.807, 2.05) is 6.07 Å². The van der Waals surface area contributed by atoms with Gasteiger partial charge in [0.05, 0.1) is 16.8 Å². The van der Waals surface area contributed by atoms with Crippen LogP contribution in [-0.4, -0.2) is 23.5 Å². The summed E-state index contributed by atoms with van der Waals surface area (Å²) in [5, 5.41) is 0. The number of hydrogen-bond acceptors (Lipinski definition) is 3. The van der Waals surface area contributed by atoms with Crippen molar-refractivity contribution in [1.82, 2.24) is 0 Å². The molecule has 0 aliphatic carbocycles. The summed E-state index contributed by atoms with van der Waals surface area (Å²) in [4.78, 5) is 12.6. The minimum atomic E-state index is -2.74. The first-order chi connectivity index (χ1) is 9.53. The van der Waals surface area contributed by atoms with Gasteiger partial charge in [0, 0.05) is 16.7 Å². The van der Waals surface area contributed by atoms with Crippen LogP contribution in [0.5, 0.6) is 5.75 Å². The molecule has 2 aromatic rings. The molecule has 104 valence electrons. The number of ether oxygens (including phenoxy) is 1. The van der Waals surface area contributed by atoms with Crippen molar-refractivity contribution in [1.29, 1.82) is 0 Å². The maximum atomic E-state index is 12.5. The van der Waals surface area contributed by atoms with Gasteiger partial charge in [0.15, 0.2) is 0 Å². The summed E-state index contributed by atoms with van der Waals surface area (Å²) in [5.74, 6) is 0.0496. The van der Waals surface area contributed by atoms with Gasteiger partial charge in [-0.1, -0.05) is 24.3 Å². The zero-order chi connectivity index (χ0) is 14.6. The van der Waals surface area contributed by atoms with Gasteiger partial charge in [-0.25, -0.2) is 4.21 Å². The Morgan fingerprint density at radius 2 is 1.80 bits per heavy atom. The Kier molecular flexibility index (Phi) is 4.20. The molecule has 0 aromatic heterocycles. The molecule has 2 rings (SSSR count). The maximum absolute atomic E-state index is 12.5. The summed E-state index contributed by atoms with van der Waals surface area (Å²) in [6, 6.07) is 15.4. The van der Waals surface area contributed by atoms with Crippen molar-refractivity contribution in [2.75, 3.05) is 13.4 Å². The molecule has 0 radical (unpaired) electrons. The third-order valence-electron chi connectivity index (χ3n) is 2.75. The zero-order valence-corrected chi connectivity index (χ0v) is 12.1. The van der Waals surface area contributed by atoms with Crippen LogP contribution in [0.2, 0.25) is 0 Å². The fourth-order valence-corrected chi connectivity index (χ4v) is 2.88. The fraction of sp³-hybridized carbons (Fsp3) is 0.133. The first kappa shape index (κ1) is 14.3. The Labute approximate surface area is 118 Å². The minimum Gasteiger partial charge on any atom is -0.497 e. The molecule has 1 unspecified atom stereocenters. The van der Waals surface area contributed by atoms with Gasteiger partial charge in [-0.3, -0.25) is 4.79 Å². The van der Waals surface area contributed by atoms with Crippen LogP contribution >= 0.6 is 0 Å². The summed E-state index contributed by atoms with van der Waals surface area (Å²) in [6.07, 6.45) is 1.46. The van der Waals surface area contributed by atoms with Crippen molar-refractivity contribution in [3.63, 3.8) is 0 Å². The third kappa shape index (κ3) is 3.24. The van der Waals surface area contributed by atoms with Crippen molar-refractivity contribution >= 4 is 15.6 Å². The van der Waals surface area contributed by atoms with E-state index in [4.69, 9.17) is 4.74 Å². The molecule has 0 aliphatic heterocycles. The van der Waals surface area contributed by atoms with Crippen molar-refractivity contribution < 1.29 is 13.7 Å². The van der Waals surface area contributed by atoms with Gasteiger partial charge >= 0.3 is 0 Å². The normalized spacial score (nSPS) is 13.3. The van der Waals surface area contributed by atoms with Crippen molar-refractivity contribution in [2.24, 2.45) is 4.36 Å². The average molecular weight is 289 g/mol. The number of carbonyl (C=O) groups is 1. The Bertz CT molecular complexity index is 732. The number of carbonyl (C=O) groups excluding carboxylic acids is 1. The number of benzene rings is 2.